The molecule has 2 rings (SSSR count). The van der Waals surface area contributed by atoms with Crippen LogP contribution in [0.25, 0.3) is 0 Å². The second kappa shape index (κ2) is 7.89. The van der Waals surface area contributed by atoms with Crippen LogP contribution in [0.4, 0.5) is 0 Å². The van der Waals surface area contributed by atoms with E-state index in [2.05, 4.69) is 55.1 Å². The van der Waals surface area contributed by atoms with E-state index >= 15 is 0 Å². The van der Waals surface area contributed by atoms with Gasteiger partial charge in [0.05, 0.1) is 3.57 Å². The van der Waals surface area contributed by atoms with Crippen LogP contribution in [0.1, 0.15) is 5.69 Å². The molecule has 2 N–H and O–H groups in total. The molecule has 0 aliphatic rings. The molecule has 19 heavy (non-hydrogen) atoms. The van der Waals surface area contributed by atoms with Crippen LogP contribution in [-0.4, -0.2) is 19.8 Å². The van der Waals surface area contributed by atoms with Gasteiger partial charge in [-0.25, -0.2) is 0 Å². The monoisotopic (exact) mass is 518 g/mol. The Morgan fingerprint density at radius 3 is 2.84 bits per heavy atom. The van der Waals surface area contributed by atoms with Crippen molar-refractivity contribution in [1.29, 1.82) is 0 Å². The maximum absolute atomic E-state index is 5.91. The molecule has 0 aliphatic carbocycles. The van der Waals surface area contributed by atoms with Gasteiger partial charge in [0.25, 0.3) is 0 Å². The highest BCUT2D eigenvalue weighted by atomic mass is 127. The fraction of sp³-hybridized carbons (Fsp3) is 0.250. The van der Waals surface area contributed by atoms with Crippen molar-refractivity contribution in [3.05, 3.63) is 44.5 Å². The van der Waals surface area contributed by atoms with E-state index in [0.29, 0.717) is 4.77 Å². The molecule has 2 aromatic rings. The van der Waals surface area contributed by atoms with Crippen LogP contribution < -0.4 is 4.74 Å². The minimum absolute atomic E-state index is 0.153. The summed E-state index contributed by atoms with van der Waals surface area (Å²) in [5.41, 5.74) is 1.12. The van der Waals surface area contributed by atoms with Gasteiger partial charge in [0.15, 0.2) is 8.88 Å². The highest BCUT2D eigenvalue weighted by molar-refractivity contribution is 14.1. The first kappa shape index (κ1) is 15.6. The predicted octanol–water partition coefficient (Wildman–Crippen LogP) is 4.75. The highest BCUT2D eigenvalue weighted by Crippen LogP contribution is 2.24. The number of thioether (sulfide) groups is 1. The van der Waals surface area contributed by atoms with Crippen molar-refractivity contribution < 1.29 is 4.74 Å². The normalized spacial score (nSPS) is 12.3. The minimum atomic E-state index is 0.153. The molecule has 0 spiro atoms. The number of para-hydroxylation sites is 1. The Morgan fingerprint density at radius 1 is 1.37 bits per heavy atom. The van der Waals surface area contributed by atoms with Gasteiger partial charge in [0.1, 0.15) is 5.75 Å². The molecule has 0 saturated carbocycles. The van der Waals surface area contributed by atoms with Gasteiger partial charge in [-0.2, -0.15) is 11.8 Å². The summed E-state index contributed by atoms with van der Waals surface area (Å²) < 4.78 is 7.88. The van der Waals surface area contributed by atoms with Crippen LogP contribution in [0.3, 0.4) is 0 Å². The summed E-state index contributed by atoms with van der Waals surface area (Å²) in [6.07, 6.45) is 1.92. The molecule has 0 saturated heterocycles. The van der Waals surface area contributed by atoms with E-state index in [9.17, 15) is 0 Å². The maximum atomic E-state index is 5.91. The third-order valence-corrected chi connectivity index (χ3v) is 5.71. The summed E-state index contributed by atoms with van der Waals surface area (Å²) in [5.74, 6) is 2.78. The largest absolute Gasteiger partial charge is 0.478 e. The average molecular weight is 518 g/mol. The van der Waals surface area contributed by atoms with Crippen molar-refractivity contribution in [2.75, 3.05) is 5.75 Å². The summed E-state index contributed by atoms with van der Waals surface area (Å²) in [4.78, 5) is 6.07. The van der Waals surface area contributed by atoms with E-state index in [-0.39, 0.29) is 4.11 Å². The van der Waals surface area contributed by atoms with E-state index in [1.807, 2.05) is 42.2 Å². The highest BCUT2D eigenvalue weighted by Gasteiger charge is 2.08. The van der Waals surface area contributed by atoms with Gasteiger partial charge in [-0.15, -0.1) is 0 Å². The zero-order chi connectivity index (χ0) is 13.7. The second-order valence-corrected chi connectivity index (χ2v) is 7.73. The summed E-state index contributed by atoms with van der Waals surface area (Å²) in [7, 11) is 0. The van der Waals surface area contributed by atoms with Gasteiger partial charge < -0.3 is 14.7 Å². The van der Waals surface area contributed by atoms with Crippen molar-refractivity contribution in [3.8, 4) is 5.75 Å². The van der Waals surface area contributed by atoms with Crippen molar-refractivity contribution >= 4 is 69.2 Å². The fourth-order valence-electron chi connectivity index (χ4n) is 1.42. The third-order valence-electron chi connectivity index (χ3n) is 2.25. The van der Waals surface area contributed by atoms with E-state index in [0.717, 1.165) is 26.5 Å². The van der Waals surface area contributed by atoms with E-state index in [1.54, 1.807) is 0 Å². The Morgan fingerprint density at radius 2 is 2.16 bits per heavy atom. The molecule has 0 amide bonds. The van der Waals surface area contributed by atoms with Crippen molar-refractivity contribution in [2.24, 2.45) is 0 Å². The average Bonchev–Trinajstić information content (AvgIpc) is 2.78. The molecule has 1 atom stereocenters. The van der Waals surface area contributed by atoms with E-state index < -0.39 is 0 Å². The summed E-state index contributed by atoms with van der Waals surface area (Å²) in [6, 6.07) is 8.06. The minimum Gasteiger partial charge on any atom is -0.478 e. The lowest BCUT2D eigenvalue weighted by Crippen LogP contribution is -2.11. The summed E-state index contributed by atoms with van der Waals surface area (Å²) in [5, 5.41) is 0. The number of H-pyrrole nitrogens is 2. The molecule has 0 bridgehead atoms. The van der Waals surface area contributed by atoms with Crippen molar-refractivity contribution in [2.45, 2.75) is 9.86 Å². The van der Waals surface area contributed by atoms with Gasteiger partial charge >= 0.3 is 0 Å². The number of nitrogens with one attached hydrogen (secondary N) is 2. The topological polar surface area (TPSA) is 40.8 Å². The van der Waals surface area contributed by atoms with Gasteiger partial charge in [0.2, 0.25) is 0 Å². The number of imidazole rings is 1. The number of hydrogen-bond donors (Lipinski definition) is 2. The Balaban J connectivity index is 1.77. The number of alkyl halides is 1. The maximum Gasteiger partial charge on any atom is 0.174 e. The molecule has 1 aromatic carbocycles. The Labute approximate surface area is 148 Å². The second-order valence-electron chi connectivity index (χ2n) is 3.74. The number of benzene rings is 1. The number of halogens is 2. The lowest BCUT2D eigenvalue weighted by molar-refractivity contribution is 0.324. The zero-order valence-corrected chi connectivity index (χ0v) is 15.8. The van der Waals surface area contributed by atoms with E-state index in [4.69, 9.17) is 17.0 Å². The number of hydrogen-bond acceptors (Lipinski definition) is 3. The van der Waals surface area contributed by atoms with Crippen LogP contribution in [0.15, 0.2) is 30.5 Å². The first-order valence-electron chi connectivity index (χ1n) is 5.55. The molecule has 0 aliphatic heterocycles. The standard InChI is InChI=1S/C12H12I2N2OS2/c13-9-3-1-2-4-10(9)17-11(14)7-19-6-8-5-15-12(18)16-8/h1-5,11H,6-7H2,(H2,15,16,18). The van der Waals surface area contributed by atoms with Crippen LogP contribution in [0, 0.1) is 8.34 Å². The lowest BCUT2D eigenvalue weighted by atomic mass is 10.3. The number of rotatable bonds is 6. The van der Waals surface area contributed by atoms with Crippen LogP contribution in [0.2, 0.25) is 0 Å². The number of aromatic amines is 2. The molecule has 7 heteroatoms. The molecule has 1 aromatic heterocycles. The Bertz CT molecular complexity index is 585. The molecular formula is C12H12I2N2OS2. The first-order valence-corrected chi connectivity index (χ1v) is 9.43. The van der Waals surface area contributed by atoms with Gasteiger partial charge in [-0.3, -0.25) is 0 Å². The van der Waals surface area contributed by atoms with E-state index in [1.165, 1.54) is 0 Å². The molecule has 1 heterocycles. The molecule has 0 radical (unpaired) electrons. The number of ether oxygens (including phenoxy) is 1. The SMILES string of the molecule is S=c1[nH]cc(CSCC(I)Oc2ccccc2I)[nH]1. The van der Waals surface area contributed by atoms with Crippen molar-refractivity contribution in [1.82, 2.24) is 9.97 Å². The van der Waals surface area contributed by atoms with Crippen LogP contribution in [-0.2, 0) is 5.75 Å². The lowest BCUT2D eigenvalue weighted by Gasteiger charge is -2.13. The summed E-state index contributed by atoms with van der Waals surface area (Å²) >= 11 is 11.4. The smallest absolute Gasteiger partial charge is 0.174 e. The van der Waals surface area contributed by atoms with Gasteiger partial charge in [0, 0.05) is 23.4 Å². The Hall–Kier alpha value is 0.260. The van der Waals surface area contributed by atoms with Crippen LogP contribution >= 0.6 is 69.2 Å². The molecule has 1 unspecified atom stereocenters. The van der Waals surface area contributed by atoms with Crippen LogP contribution in [0.5, 0.6) is 5.75 Å². The fourth-order valence-corrected chi connectivity index (χ4v) is 3.91. The number of aromatic nitrogens is 2. The summed E-state index contributed by atoms with van der Waals surface area (Å²) in [6.45, 7) is 0. The molecular weight excluding hydrogens is 506 g/mol. The van der Waals surface area contributed by atoms with Gasteiger partial charge in [-0.05, 0) is 69.5 Å². The molecule has 102 valence electrons. The van der Waals surface area contributed by atoms with Gasteiger partial charge in [-0.1, -0.05) is 12.1 Å². The molecule has 0 fully saturated rings. The first-order chi connectivity index (χ1) is 9.15. The quantitative estimate of drug-likeness (QED) is 0.330. The Kier molecular flexibility index (Phi) is 6.50. The predicted molar refractivity (Wildman–Crippen MR) is 99.7 cm³/mol. The zero-order valence-electron chi connectivity index (χ0n) is 9.86. The third kappa shape index (κ3) is 5.27. The van der Waals surface area contributed by atoms with Crippen molar-refractivity contribution in [3.63, 3.8) is 0 Å². The molecule has 3 nitrogen and oxygen atoms in total.